The van der Waals surface area contributed by atoms with Crippen LogP contribution in [0.1, 0.15) is 10.4 Å². The summed E-state index contributed by atoms with van der Waals surface area (Å²) in [6, 6.07) is 12.7. The van der Waals surface area contributed by atoms with Crippen LogP contribution in [0.5, 0.6) is 0 Å². The van der Waals surface area contributed by atoms with Gasteiger partial charge in [0.2, 0.25) is 0 Å². The van der Waals surface area contributed by atoms with Gasteiger partial charge in [-0.15, -0.1) is 11.3 Å². The molecule has 0 fully saturated rings. The summed E-state index contributed by atoms with van der Waals surface area (Å²) in [7, 11) is 0. The van der Waals surface area contributed by atoms with Gasteiger partial charge in [0.1, 0.15) is 17.0 Å². The van der Waals surface area contributed by atoms with Crippen LogP contribution >= 0.6 is 11.3 Å². The van der Waals surface area contributed by atoms with Crippen molar-refractivity contribution in [3.63, 3.8) is 0 Å². The predicted octanol–water partition coefficient (Wildman–Crippen LogP) is 4.71. The van der Waals surface area contributed by atoms with Crippen molar-refractivity contribution in [2.24, 2.45) is 0 Å². The summed E-state index contributed by atoms with van der Waals surface area (Å²) < 4.78 is 0. The normalized spacial score (nSPS) is 10.7. The lowest BCUT2D eigenvalue weighted by molar-refractivity contribution is -0.384. The van der Waals surface area contributed by atoms with Gasteiger partial charge in [0, 0.05) is 28.8 Å². The van der Waals surface area contributed by atoms with Crippen molar-refractivity contribution in [1.82, 2.24) is 9.97 Å². The molecule has 2 aromatic carbocycles. The Kier molecular flexibility index (Phi) is 4.42. The van der Waals surface area contributed by atoms with Crippen molar-refractivity contribution in [3.05, 3.63) is 75.9 Å². The van der Waals surface area contributed by atoms with Crippen molar-refractivity contribution in [3.8, 4) is 11.1 Å². The van der Waals surface area contributed by atoms with E-state index in [1.165, 1.54) is 41.9 Å². The van der Waals surface area contributed by atoms with Gasteiger partial charge in [0.05, 0.1) is 15.9 Å². The molecule has 0 unspecified atom stereocenters. The number of anilines is 2. The highest BCUT2D eigenvalue weighted by Crippen LogP contribution is 2.38. The largest absolute Gasteiger partial charge is 0.478 e. The summed E-state index contributed by atoms with van der Waals surface area (Å²) in [5.74, 6) is -0.528. The van der Waals surface area contributed by atoms with Crippen LogP contribution in [-0.2, 0) is 0 Å². The van der Waals surface area contributed by atoms with E-state index in [0.29, 0.717) is 27.3 Å². The SMILES string of the molecule is O=C(O)c1cccc(Nc2ncnc3scc(-c4cccc([N+](=O)[O-])c4)c23)c1. The fourth-order valence-corrected chi connectivity index (χ4v) is 3.75. The number of aromatic nitrogens is 2. The highest BCUT2D eigenvalue weighted by molar-refractivity contribution is 7.17. The number of rotatable bonds is 5. The van der Waals surface area contributed by atoms with Crippen LogP contribution in [0, 0.1) is 10.1 Å². The maximum atomic E-state index is 11.2. The molecule has 0 bridgehead atoms. The van der Waals surface area contributed by atoms with E-state index in [1.807, 2.05) is 5.38 Å². The number of aromatic carboxylic acids is 1. The molecule has 0 aliphatic carbocycles. The number of nitro groups is 1. The van der Waals surface area contributed by atoms with Gasteiger partial charge >= 0.3 is 5.97 Å². The van der Waals surface area contributed by atoms with E-state index in [-0.39, 0.29) is 11.3 Å². The number of thiophene rings is 1. The molecule has 2 heterocycles. The Hall–Kier alpha value is -3.85. The Morgan fingerprint density at radius 2 is 1.96 bits per heavy atom. The summed E-state index contributed by atoms with van der Waals surface area (Å²) in [5.41, 5.74) is 2.16. The minimum Gasteiger partial charge on any atom is -0.478 e. The van der Waals surface area contributed by atoms with Gasteiger partial charge in [-0.1, -0.05) is 18.2 Å². The molecule has 0 saturated carbocycles. The molecule has 0 spiro atoms. The molecule has 0 aliphatic heterocycles. The lowest BCUT2D eigenvalue weighted by atomic mass is 10.1. The van der Waals surface area contributed by atoms with Gasteiger partial charge in [-0.05, 0) is 23.8 Å². The van der Waals surface area contributed by atoms with Gasteiger partial charge < -0.3 is 10.4 Å². The van der Waals surface area contributed by atoms with E-state index in [4.69, 9.17) is 0 Å². The van der Waals surface area contributed by atoms with E-state index in [9.17, 15) is 20.0 Å². The molecule has 0 amide bonds. The third kappa shape index (κ3) is 3.26. The number of carboxylic acids is 1. The molecule has 0 saturated heterocycles. The molecule has 138 valence electrons. The second-order valence-electron chi connectivity index (χ2n) is 5.87. The fourth-order valence-electron chi connectivity index (χ4n) is 2.84. The zero-order valence-electron chi connectivity index (χ0n) is 14.2. The van der Waals surface area contributed by atoms with E-state index >= 15 is 0 Å². The molecule has 2 aromatic heterocycles. The molecule has 9 heteroatoms. The van der Waals surface area contributed by atoms with Crippen molar-refractivity contribution >= 4 is 44.7 Å². The fraction of sp³-hybridized carbons (Fsp3) is 0. The van der Waals surface area contributed by atoms with Crippen molar-refractivity contribution in [2.45, 2.75) is 0 Å². The third-order valence-corrected chi connectivity index (χ3v) is 5.00. The van der Waals surface area contributed by atoms with E-state index < -0.39 is 10.9 Å². The highest BCUT2D eigenvalue weighted by Gasteiger charge is 2.16. The number of benzene rings is 2. The van der Waals surface area contributed by atoms with Crippen LogP contribution < -0.4 is 5.32 Å². The zero-order valence-corrected chi connectivity index (χ0v) is 15.0. The van der Waals surface area contributed by atoms with Crippen molar-refractivity contribution in [2.75, 3.05) is 5.32 Å². The van der Waals surface area contributed by atoms with Crippen LogP contribution in [-0.4, -0.2) is 26.0 Å². The molecule has 2 N–H and O–H groups in total. The van der Waals surface area contributed by atoms with Crippen LogP contribution in [0.15, 0.2) is 60.2 Å². The first-order chi connectivity index (χ1) is 13.5. The van der Waals surface area contributed by atoms with Crippen LogP contribution in [0.25, 0.3) is 21.3 Å². The van der Waals surface area contributed by atoms with Gasteiger partial charge in [-0.2, -0.15) is 0 Å². The highest BCUT2D eigenvalue weighted by atomic mass is 32.1. The third-order valence-electron chi connectivity index (χ3n) is 4.11. The van der Waals surface area contributed by atoms with Gasteiger partial charge in [-0.25, -0.2) is 14.8 Å². The van der Waals surface area contributed by atoms with Crippen LogP contribution in [0.3, 0.4) is 0 Å². The number of fused-ring (bicyclic) bond motifs is 1. The molecule has 4 aromatic rings. The Bertz CT molecular complexity index is 1220. The number of carbonyl (C=O) groups is 1. The first kappa shape index (κ1) is 17.6. The van der Waals surface area contributed by atoms with Crippen molar-refractivity contribution < 1.29 is 14.8 Å². The van der Waals surface area contributed by atoms with E-state index in [2.05, 4.69) is 15.3 Å². The lowest BCUT2D eigenvalue weighted by Crippen LogP contribution is -1.99. The summed E-state index contributed by atoms with van der Waals surface area (Å²) in [6.45, 7) is 0. The minimum atomic E-state index is -1.02. The molecule has 0 atom stereocenters. The van der Waals surface area contributed by atoms with Gasteiger partial charge in [-0.3, -0.25) is 10.1 Å². The summed E-state index contributed by atoms with van der Waals surface area (Å²) in [4.78, 5) is 31.1. The maximum Gasteiger partial charge on any atom is 0.335 e. The standard InChI is InChI=1S/C19H12N4O4S/c24-19(25)12-4-1-5-13(7-12)22-17-16-15(9-28-18(16)21-10-20-17)11-3-2-6-14(8-11)23(26)27/h1-10H,(H,24,25)(H,20,21,22). The van der Waals surface area contributed by atoms with Crippen LogP contribution in [0.4, 0.5) is 17.2 Å². The Balaban J connectivity index is 1.82. The zero-order chi connectivity index (χ0) is 19.7. The first-order valence-corrected chi connectivity index (χ1v) is 8.98. The van der Waals surface area contributed by atoms with Gasteiger partial charge in [0.25, 0.3) is 5.69 Å². The Labute approximate surface area is 162 Å². The number of nitro benzene ring substituents is 1. The average Bonchev–Trinajstić information content (AvgIpc) is 3.13. The number of nitrogens with one attached hydrogen (secondary N) is 1. The molecule has 4 rings (SSSR count). The number of non-ortho nitro benzene ring substituents is 1. The quantitative estimate of drug-likeness (QED) is 0.373. The second-order valence-corrected chi connectivity index (χ2v) is 6.73. The topological polar surface area (TPSA) is 118 Å². The number of carboxylic acid groups (broad SMARTS) is 1. The van der Waals surface area contributed by atoms with Gasteiger partial charge in [0.15, 0.2) is 0 Å². The molecule has 0 aliphatic rings. The number of hydrogen-bond donors (Lipinski definition) is 2. The molecule has 8 nitrogen and oxygen atoms in total. The maximum absolute atomic E-state index is 11.2. The second kappa shape index (κ2) is 7.05. The molecule has 28 heavy (non-hydrogen) atoms. The predicted molar refractivity (Wildman–Crippen MR) is 106 cm³/mol. The first-order valence-electron chi connectivity index (χ1n) is 8.10. The summed E-state index contributed by atoms with van der Waals surface area (Å²) in [6.07, 6.45) is 1.42. The summed E-state index contributed by atoms with van der Waals surface area (Å²) >= 11 is 1.40. The average molecular weight is 392 g/mol. The smallest absolute Gasteiger partial charge is 0.335 e. The number of nitrogens with zero attached hydrogens (tertiary/aromatic N) is 3. The Morgan fingerprint density at radius 3 is 2.75 bits per heavy atom. The lowest BCUT2D eigenvalue weighted by Gasteiger charge is -2.09. The Morgan fingerprint density at radius 1 is 1.14 bits per heavy atom. The monoisotopic (exact) mass is 392 g/mol. The molecule has 0 radical (unpaired) electrons. The van der Waals surface area contributed by atoms with E-state index in [1.54, 1.807) is 24.3 Å². The minimum absolute atomic E-state index is 0.00244. The van der Waals surface area contributed by atoms with Crippen LogP contribution in [0.2, 0.25) is 0 Å². The molecular weight excluding hydrogens is 380 g/mol. The number of hydrogen-bond acceptors (Lipinski definition) is 7. The van der Waals surface area contributed by atoms with Crippen molar-refractivity contribution in [1.29, 1.82) is 0 Å². The summed E-state index contributed by atoms with van der Waals surface area (Å²) in [5, 5.41) is 26.0. The molecular formula is C19H12N4O4S. The van der Waals surface area contributed by atoms with E-state index in [0.717, 1.165) is 5.56 Å².